The van der Waals surface area contributed by atoms with Crippen molar-refractivity contribution in [3.05, 3.63) is 94.4 Å². The standard InChI is InChI=1S/C35H41N5/c1-6-23(5)27-14-16-32(37-21-27)39-20-18-31-30(22-39)35(29-15-13-24(7-2)33-28(29)17-19-36-33)40(38-31)34-25(8-3)11-10-12-26(34)9-4/h10-17,19,21,23,36H,6-9,18,20,22H2,1-5H3. The number of nitrogens with one attached hydrogen (secondary N) is 1. The second-order valence-electron chi connectivity index (χ2n) is 11.1. The first-order valence-corrected chi connectivity index (χ1v) is 15.1. The molecule has 0 aliphatic carbocycles. The molecule has 5 nitrogen and oxygen atoms in total. The van der Waals surface area contributed by atoms with Gasteiger partial charge in [0.1, 0.15) is 5.82 Å². The van der Waals surface area contributed by atoms with Crippen LogP contribution in [0.25, 0.3) is 27.8 Å². The molecule has 0 radical (unpaired) electrons. The van der Waals surface area contributed by atoms with Crippen molar-refractivity contribution < 1.29 is 0 Å². The SMILES string of the molecule is CCc1cccc(CC)c1-n1nc2c(c1-c1ccc(CC)c3[nH]ccc13)CN(c1ccc(C(C)CC)cn1)CC2. The van der Waals surface area contributed by atoms with E-state index in [2.05, 4.69) is 110 Å². The predicted molar refractivity (Wildman–Crippen MR) is 167 cm³/mol. The van der Waals surface area contributed by atoms with Gasteiger partial charge in [0.2, 0.25) is 0 Å². The predicted octanol–water partition coefficient (Wildman–Crippen LogP) is 8.18. The van der Waals surface area contributed by atoms with Crippen LogP contribution in [0.3, 0.4) is 0 Å². The van der Waals surface area contributed by atoms with E-state index < -0.39 is 0 Å². The number of aromatic amines is 1. The molecule has 0 spiro atoms. The Morgan fingerprint density at radius 3 is 2.35 bits per heavy atom. The van der Waals surface area contributed by atoms with E-state index in [-0.39, 0.29) is 0 Å². The minimum atomic E-state index is 0.528. The zero-order valence-corrected chi connectivity index (χ0v) is 24.6. The molecule has 5 aromatic rings. The van der Waals surface area contributed by atoms with E-state index in [0.29, 0.717) is 5.92 Å². The molecular formula is C35H41N5. The van der Waals surface area contributed by atoms with E-state index in [0.717, 1.165) is 51.0 Å². The van der Waals surface area contributed by atoms with Gasteiger partial charge < -0.3 is 9.88 Å². The van der Waals surface area contributed by atoms with E-state index in [1.54, 1.807) is 0 Å². The maximum absolute atomic E-state index is 5.38. The van der Waals surface area contributed by atoms with Crippen molar-refractivity contribution in [2.75, 3.05) is 11.4 Å². The smallest absolute Gasteiger partial charge is 0.128 e. The molecule has 1 unspecified atom stereocenters. The summed E-state index contributed by atoms with van der Waals surface area (Å²) in [5.74, 6) is 1.58. The van der Waals surface area contributed by atoms with Crippen molar-refractivity contribution in [3.8, 4) is 16.9 Å². The lowest BCUT2D eigenvalue weighted by atomic mass is 9.95. The fourth-order valence-electron chi connectivity index (χ4n) is 6.32. The summed E-state index contributed by atoms with van der Waals surface area (Å²) < 4.78 is 2.29. The van der Waals surface area contributed by atoms with Crippen molar-refractivity contribution in [3.63, 3.8) is 0 Å². The Hall–Kier alpha value is -3.86. The molecule has 0 bridgehead atoms. The Bertz CT molecular complexity index is 1620. The van der Waals surface area contributed by atoms with Gasteiger partial charge in [-0.15, -0.1) is 0 Å². The first-order chi connectivity index (χ1) is 19.6. The molecule has 0 amide bonds. The summed E-state index contributed by atoms with van der Waals surface area (Å²) in [5.41, 5.74) is 12.8. The third-order valence-electron chi connectivity index (χ3n) is 8.93. The van der Waals surface area contributed by atoms with Crippen molar-refractivity contribution in [1.82, 2.24) is 19.7 Å². The molecule has 1 aliphatic rings. The lowest BCUT2D eigenvalue weighted by Crippen LogP contribution is -2.31. The van der Waals surface area contributed by atoms with E-state index in [1.807, 2.05) is 0 Å². The van der Waals surface area contributed by atoms with Crippen LogP contribution in [0.15, 0.2) is 60.9 Å². The number of hydrogen-bond donors (Lipinski definition) is 1. The number of aryl methyl sites for hydroxylation is 3. The molecule has 2 aromatic carbocycles. The second-order valence-corrected chi connectivity index (χ2v) is 11.1. The van der Waals surface area contributed by atoms with Gasteiger partial charge in [-0.1, -0.05) is 71.0 Å². The lowest BCUT2D eigenvalue weighted by Gasteiger charge is -2.28. The number of nitrogens with zero attached hydrogens (tertiary/aromatic N) is 4. The van der Waals surface area contributed by atoms with Crippen LogP contribution >= 0.6 is 0 Å². The van der Waals surface area contributed by atoms with E-state index in [9.17, 15) is 0 Å². The summed E-state index contributed by atoms with van der Waals surface area (Å²) >= 11 is 0. The van der Waals surface area contributed by atoms with Gasteiger partial charge in [-0.25, -0.2) is 9.67 Å². The largest absolute Gasteiger partial charge is 0.361 e. The van der Waals surface area contributed by atoms with Gasteiger partial charge in [0.05, 0.1) is 17.1 Å². The third kappa shape index (κ3) is 4.42. The number of para-hydroxylation sites is 1. The normalized spacial score (nSPS) is 14.1. The van der Waals surface area contributed by atoms with E-state index in [1.165, 1.54) is 61.4 Å². The van der Waals surface area contributed by atoms with Crippen LogP contribution in [0, 0.1) is 0 Å². The summed E-state index contributed by atoms with van der Waals surface area (Å²) in [4.78, 5) is 10.9. The van der Waals surface area contributed by atoms with Crippen LogP contribution in [0.4, 0.5) is 5.82 Å². The van der Waals surface area contributed by atoms with Crippen LogP contribution < -0.4 is 4.90 Å². The van der Waals surface area contributed by atoms with Gasteiger partial charge in [-0.2, -0.15) is 5.10 Å². The van der Waals surface area contributed by atoms with Crippen LogP contribution in [0.1, 0.15) is 80.5 Å². The van der Waals surface area contributed by atoms with Crippen molar-refractivity contribution >= 4 is 16.7 Å². The molecular weight excluding hydrogens is 490 g/mol. The molecule has 3 aromatic heterocycles. The Labute approximate surface area is 238 Å². The number of pyridine rings is 1. The number of H-pyrrole nitrogens is 1. The second kappa shape index (κ2) is 11.0. The summed E-state index contributed by atoms with van der Waals surface area (Å²) in [5, 5.41) is 6.65. The molecule has 0 fully saturated rings. The van der Waals surface area contributed by atoms with Gasteiger partial charge in [0.25, 0.3) is 0 Å². The summed E-state index contributed by atoms with van der Waals surface area (Å²) in [6, 6.07) is 18.0. The highest BCUT2D eigenvalue weighted by Gasteiger charge is 2.29. The summed E-state index contributed by atoms with van der Waals surface area (Å²) in [7, 11) is 0. The van der Waals surface area contributed by atoms with Gasteiger partial charge in [0, 0.05) is 53.9 Å². The summed E-state index contributed by atoms with van der Waals surface area (Å²) in [6.07, 6.45) is 9.12. The molecule has 1 N–H and O–H groups in total. The molecule has 40 heavy (non-hydrogen) atoms. The quantitative estimate of drug-likeness (QED) is 0.220. The minimum absolute atomic E-state index is 0.528. The monoisotopic (exact) mass is 531 g/mol. The van der Waals surface area contributed by atoms with Crippen molar-refractivity contribution in [1.29, 1.82) is 0 Å². The fraction of sp³-hybridized carbons (Fsp3) is 0.371. The van der Waals surface area contributed by atoms with Crippen LogP contribution in [0.2, 0.25) is 0 Å². The molecule has 6 rings (SSSR count). The third-order valence-corrected chi connectivity index (χ3v) is 8.93. The molecule has 5 heteroatoms. The molecule has 1 atom stereocenters. The molecule has 206 valence electrons. The fourth-order valence-corrected chi connectivity index (χ4v) is 6.32. The highest BCUT2D eigenvalue weighted by Crippen LogP contribution is 2.39. The number of aromatic nitrogens is 4. The van der Waals surface area contributed by atoms with Crippen LogP contribution in [0.5, 0.6) is 0 Å². The van der Waals surface area contributed by atoms with E-state index >= 15 is 0 Å². The minimum Gasteiger partial charge on any atom is -0.361 e. The van der Waals surface area contributed by atoms with Gasteiger partial charge >= 0.3 is 0 Å². The molecule has 0 saturated carbocycles. The highest BCUT2D eigenvalue weighted by atomic mass is 15.3. The van der Waals surface area contributed by atoms with Crippen LogP contribution in [-0.4, -0.2) is 26.3 Å². The maximum Gasteiger partial charge on any atom is 0.128 e. The number of hydrogen-bond acceptors (Lipinski definition) is 3. The highest BCUT2D eigenvalue weighted by molar-refractivity contribution is 5.97. The average Bonchev–Trinajstić information content (AvgIpc) is 3.65. The zero-order valence-electron chi connectivity index (χ0n) is 24.6. The maximum atomic E-state index is 5.38. The van der Waals surface area contributed by atoms with Gasteiger partial charge in [0.15, 0.2) is 0 Å². The average molecular weight is 532 g/mol. The number of fused-ring (bicyclic) bond motifs is 2. The van der Waals surface area contributed by atoms with E-state index in [4.69, 9.17) is 10.1 Å². The number of rotatable bonds is 8. The van der Waals surface area contributed by atoms with Crippen LogP contribution in [-0.2, 0) is 32.2 Å². The topological polar surface area (TPSA) is 49.7 Å². The zero-order chi connectivity index (χ0) is 27.8. The number of anilines is 1. The van der Waals surface area contributed by atoms with Gasteiger partial charge in [-0.05, 0) is 66.0 Å². The summed E-state index contributed by atoms with van der Waals surface area (Å²) in [6.45, 7) is 13.0. The molecule has 1 aliphatic heterocycles. The lowest BCUT2D eigenvalue weighted by molar-refractivity contribution is 0.700. The van der Waals surface area contributed by atoms with Crippen molar-refractivity contribution in [2.45, 2.75) is 79.2 Å². The Balaban J connectivity index is 1.54. The first kappa shape index (κ1) is 26.4. The molecule has 0 saturated heterocycles. The Kier molecular flexibility index (Phi) is 7.22. The van der Waals surface area contributed by atoms with Gasteiger partial charge in [-0.3, -0.25) is 0 Å². The first-order valence-electron chi connectivity index (χ1n) is 15.1. The Morgan fingerprint density at radius 2 is 1.68 bits per heavy atom. The van der Waals surface area contributed by atoms with Crippen molar-refractivity contribution in [2.24, 2.45) is 0 Å². The number of benzene rings is 2. The molecule has 4 heterocycles. The Morgan fingerprint density at radius 1 is 0.900 bits per heavy atom.